The van der Waals surface area contributed by atoms with Gasteiger partial charge in [0.1, 0.15) is 7.28 Å². The maximum absolute atomic E-state index is 2.42. The topological polar surface area (TPSA) is 0 Å². The van der Waals surface area contributed by atoms with E-state index in [1.807, 2.05) is 0 Å². The molecule has 0 radical (unpaired) electrons. The Morgan fingerprint density at radius 1 is 0.923 bits per heavy atom. The van der Waals surface area contributed by atoms with E-state index in [-0.39, 0.29) is 0 Å². The standard InChI is InChI=1S/C12H25B/c1-10(2)12(13-11(3)4)8-6-5-7-9-12/h10-11,13H,5-9H2,1-4H3. The van der Waals surface area contributed by atoms with Crippen LogP contribution in [0.1, 0.15) is 59.8 Å². The predicted octanol–water partition coefficient (Wildman–Crippen LogP) is 4.03. The van der Waals surface area contributed by atoms with Gasteiger partial charge < -0.3 is 0 Å². The first kappa shape index (κ1) is 11.1. The Kier molecular flexibility index (Phi) is 3.88. The molecule has 1 saturated carbocycles. The van der Waals surface area contributed by atoms with Crippen LogP contribution in [0.3, 0.4) is 0 Å². The van der Waals surface area contributed by atoms with E-state index < -0.39 is 0 Å². The molecule has 76 valence electrons. The lowest BCUT2D eigenvalue weighted by Crippen LogP contribution is -2.30. The second kappa shape index (κ2) is 4.53. The molecule has 0 unspecified atom stereocenters. The molecule has 0 N–H and O–H groups in total. The van der Waals surface area contributed by atoms with E-state index in [4.69, 9.17) is 0 Å². The fourth-order valence-electron chi connectivity index (χ4n) is 3.09. The molecule has 1 aliphatic rings. The van der Waals surface area contributed by atoms with Crippen LogP contribution in [0, 0.1) is 5.92 Å². The van der Waals surface area contributed by atoms with Gasteiger partial charge in [0.2, 0.25) is 0 Å². The van der Waals surface area contributed by atoms with Crippen LogP contribution in [0.2, 0.25) is 11.1 Å². The average molecular weight is 180 g/mol. The highest BCUT2D eigenvalue weighted by Crippen LogP contribution is 2.49. The molecule has 0 atom stereocenters. The molecule has 0 saturated heterocycles. The van der Waals surface area contributed by atoms with Crippen molar-refractivity contribution in [2.24, 2.45) is 5.92 Å². The largest absolute Gasteiger partial charge is 0.131 e. The van der Waals surface area contributed by atoms with Crippen LogP contribution in [0.15, 0.2) is 0 Å². The molecule has 0 bridgehead atoms. The summed E-state index contributed by atoms with van der Waals surface area (Å²) in [6.45, 7) is 9.60. The van der Waals surface area contributed by atoms with Crippen molar-refractivity contribution in [3.63, 3.8) is 0 Å². The number of hydrogen-bond acceptors (Lipinski definition) is 0. The molecule has 0 aromatic rings. The summed E-state index contributed by atoms with van der Waals surface area (Å²) < 4.78 is 0. The van der Waals surface area contributed by atoms with Crippen molar-refractivity contribution in [1.82, 2.24) is 0 Å². The molecule has 0 aromatic carbocycles. The van der Waals surface area contributed by atoms with Crippen molar-refractivity contribution in [3.8, 4) is 0 Å². The van der Waals surface area contributed by atoms with Crippen molar-refractivity contribution < 1.29 is 0 Å². The lowest BCUT2D eigenvalue weighted by Gasteiger charge is -2.42. The SMILES string of the molecule is CC(C)BC1(C(C)C)CCCCC1. The highest BCUT2D eigenvalue weighted by atomic mass is 14.3. The van der Waals surface area contributed by atoms with Crippen LogP contribution in [-0.2, 0) is 0 Å². The lowest BCUT2D eigenvalue weighted by atomic mass is 9.39. The smallest absolute Gasteiger partial charge is 0.0706 e. The predicted molar refractivity (Wildman–Crippen MR) is 62.9 cm³/mol. The van der Waals surface area contributed by atoms with Crippen LogP contribution < -0.4 is 0 Å². The van der Waals surface area contributed by atoms with E-state index in [2.05, 4.69) is 27.7 Å². The fourth-order valence-corrected chi connectivity index (χ4v) is 3.09. The Morgan fingerprint density at radius 2 is 1.46 bits per heavy atom. The molecule has 0 aliphatic heterocycles. The Bertz CT molecular complexity index is 143. The Balaban J connectivity index is 2.61. The molecular weight excluding hydrogens is 155 g/mol. The molecule has 0 spiro atoms. The van der Waals surface area contributed by atoms with Crippen LogP contribution in [0.4, 0.5) is 0 Å². The van der Waals surface area contributed by atoms with Gasteiger partial charge in [0.25, 0.3) is 0 Å². The van der Waals surface area contributed by atoms with Crippen molar-refractivity contribution in [1.29, 1.82) is 0 Å². The Morgan fingerprint density at radius 3 is 1.85 bits per heavy atom. The molecule has 0 heterocycles. The summed E-state index contributed by atoms with van der Waals surface area (Å²) in [5, 5.41) is 0.701. The van der Waals surface area contributed by atoms with Gasteiger partial charge in [-0.2, -0.15) is 0 Å². The molecular formula is C12H25B. The van der Waals surface area contributed by atoms with Crippen LogP contribution in [0.25, 0.3) is 0 Å². The summed E-state index contributed by atoms with van der Waals surface area (Å²) in [6.07, 6.45) is 7.41. The summed E-state index contributed by atoms with van der Waals surface area (Å²) in [5.74, 6) is 1.76. The van der Waals surface area contributed by atoms with Gasteiger partial charge in [-0.15, -0.1) is 0 Å². The number of rotatable bonds is 3. The zero-order valence-corrected chi connectivity index (χ0v) is 9.90. The lowest BCUT2D eigenvalue weighted by molar-refractivity contribution is 0.293. The fraction of sp³-hybridized carbons (Fsp3) is 1.00. The van der Waals surface area contributed by atoms with E-state index in [9.17, 15) is 0 Å². The minimum absolute atomic E-state index is 0.701. The summed E-state index contributed by atoms with van der Waals surface area (Å²) in [4.78, 5) is 0. The van der Waals surface area contributed by atoms with Crippen LogP contribution in [0.5, 0.6) is 0 Å². The molecule has 1 heteroatoms. The van der Waals surface area contributed by atoms with Crippen LogP contribution in [-0.4, -0.2) is 7.28 Å². The third kappa shape index (κ3) is 2.75. The summed E-state index contributed by atoms with van der Waals surface area (Å²) in [5.41, 5.74) is 0. The van der Waals surface area contributed by atoms with Gasteiger partial charge in [-0.05, 0) is 5.92 Å². The Labute approximate surface area is 84.7 Å². The third-order valence-electron chi connectivity index (χ3n) is 3.89. The quantitative estimate of drug-likeness (QED) is 0.575. The van der Waals surface area contributed by atoms with Crippen molar-refractivity contribution in [2.45, 2.75) is 70.9 Å². The zero-order valence-electron chi connectivity index (χ0n) is 9.90. The van der Waals surface area contributed by atoms with Gasteiger partial charge in [0.15, 0.2) is 0 Å². The van der Waals surface area contributed by atoms with E-state index in [1.54, 1.807) is 0 Å². The first-order valence-corrected chi connectivity index (χ1v) is 6.07. The molecule has 1 aliphatic carbocycles. The maximum Gasteiger partial charge on any atom is 0.131 e. The van der Waals surface area contributed by atoms with E-state index in [0.29, 0.717) is 5.31 Å². The van der Waals surface area contributed by atoms with Crippen molar-refractivity contribution >= 4 is 7.28 Å². The van der Waals surface area contributed by atoms with Gasteiger partial charge in [-0.25, -0.2) is 0 Å². The second-order valence-corrected chi connectivity index (χ2v) is 5.68. The zero-order chi connectivity index (χ0) is 9.90. The molecule has 0 aromatic heterocycles. The third-order valence-corrected chi connectivity index (χ3v) is 3.89. The highest BCUT2D eigenvalue weighted by molar-refractivity contribution is 6.41. The second-order valence-electron chi connectivity index (χ2n) is 5.68. The first-order chi connectivity index (χ1) is 6.07. The van der Waals surface area contributed by atoms with Crippen molar-refractivity contribution in [2.75, 3.05) is 0 Å². The molecule has 0 nitrogen and oxygen atoms in total. The van der Waals surface area contributed by atoms with E-state index in [0.717, 1.165) is 11.7 Å². The van der Waals surface area contributed by atoms with Gasteiger partial charge in [-0.1, -0.05) is 70.9 Å². The minimum atomic E-state index is 0.701. The average Bonchev–Trinajstić information content (AvgIpc) is 2.04. The first-order valence-electron chi connectivity index (χ1n) is 6.07. The van der Waals surface area contributed by atoms with Crippen LogP contribution >= 0.6 is 0 Å². The Hall–Kier alpha value is 0.0649. The van der Waals surface area contributed by atoms with Crippen molar-refractivity contribution in [3.05, 3.63) is 0 Å². The van der Waals surface area contributed by atoms with Gasteiger partial charge >= 0.3 is 0 Å². The number of hydrogen-bond donors (Lipinski definition) is 0. The molecule has 0 amide bonds. The summed E-state index contributed by atoms with van der Waals surface area (Å²) >= 11 is 0. The van der Waals surface area contributed by atoms with E-state index >= 15 is 0 Å². The summed E-state index contributed by atoms with van der Waals surface area (Å²) in [7, 11) is 1.45. The molecule has 13 heavy (non-hydrogen) atoms. The monoisotopic (exact) mass is 180 g/mol. The molecule has 1 fully saturated rings. The van der Waals surface area contributed by atoms with Gasteiger partial charge in [-0.3, -0.25) is 0 Å². The van der Waals surface area contributed by atoms with E-state index in [1.165, 1.54) is 39.4 Å². The summed E-state index contributed by atoms with van der Waals surface area (Å²) in [6, 6.07) is 0. The van der Waals surface area contributed by atoms with Gasteiger partial charge in [0, 0.05) is 0 Å². The maximum atomic E-state index is 2.42. The minimum Gasteiger partial charge on any atom is -0.0706 e. The molecule has 1 rings (SSSR count). The highest BCUT2D eigenvalue weighted by Gasteiger charge is 2.36. The normalized spacial score (nSPS) is 22.3. The van der Waals surface area contributed by atoms with Gasteiger partial charge in [0.05, 0.1) is 0 Å².